The van der Waals surface area contributed by atoms with E-state index in [-0.39, 0.29) is 17.9 Å². The zero-order chi connectivity index (χ0) is 10.6. The average molecular weight is 198 g/mol. The number of aliphatic hydroxyl groups is 1. The number of Topliss-reactive ketones (excluding diaryl/α,β-unsaturated/α-hetero) is 1. The molecule has 0 fully saturated rings. The molecule has 0 aliphatic heterocycles. The van der Waals surface area contributed by atoms with Gasteiger partial charge in [0.05, 0.1) is 12.4 Å². The molecule has 0 radical (unpaired) electrons. The molecular weight excluding hydrogens is 184 g/mol. The molecule has 0 aromatic carbocycles. The Hall–Kier alpha value is -1.32. The number of carbonyl (C=O) groups is 2. The molecule has 78 valence electrons. The van der Waals surface area contributed by atoms with Gasteiger partial charge in [0, 0.05) is 12.0 Å². The van der Waals surface area contributed by atoms with Crippen LogP contribution >= 0.6 is 0 Å². The van der Waals surface area contributed by atoms with Crippen molar-refractivity contribution < 1.29 is 19.4 Å². The van der Waals surface area contributed by atoms with Crippen LogP contribution in [0.15, 0.2) is 11.3 Å². The largest absolute Gasteiger partial charge is 0.512 e. The lowest BCUT2D eigenvalue weighted by molar-refractivity contribution is -0.152. The minimum atomic E-state index is -0.865. The number of carbonyl (C=O) groups excluding carboxylic acids is 2. The number of hydrogen-bond donors (Lipinski definition) is 1. The third-order valence-electron chi connectivity index (χ3n) is 2.17. The molecular formula is C10H14O4. The molecule has 0 saturated heterocycles. The van der Waals surface area contributed by atoms with Crippen LogP contribution in [0.1, 0.15) is 32.6 Å². The second-order valence-corrected chi connectivity index (χ2v) is 3.18. The first-order valence-electron chi connectivity index (χ1n) is 4.79. The van der Waals surface area contributed by atoms with Crippen LogP contribution in [0.5, 0.6) is 0 Å². The second-order valence-electron chi connectivity index (χ2n) is 3.18. The fourth-order valence-corrected chi connectivity index (χ4v) is 1.45. The number of ether oxygens (including phenoxy) is 1. The van der Waals surface area contributed by atoms with Gasteiger partial charge in [-0.3, -0.25) is 4.79 Å². The summed E-state index contributed by atoms with van der Waals surface area (Å²) < 4.78 is 4.57. The van der Waals surface area contributed by atoms with Crippen LogP contribution in [-0.2, 0) is 14.3 Å². The number of aliphatic hydroxyl groups excluding tert-OH is 1. The predicted octanol–water partition coefficient (Wildman–Crippen LogP) is 1.50. The van der Waals surface area contributed by atoms with Crippen molar-refractivity contribution in [3.8, 4) is 0 Å². The Balaban J connectivity index is 2.72. The van der Waals surface area contributed by atoms with E-state index in [1.54, 1.807) is 6.92 Å². The van der Waals surface area contributed by atoms with Crippen LogP contribution in [0.3, 0.4) is 0 Å². The van der Waals surface area contributed by atoms with Gasteiger partial charge in [0.1, 0.15) is 0 Å². The second kappa shape index (κ2) is 4.79. The highest BCUT2D eigenvalue weighted by atomic mass is 16.5. The number of esters is 1. The van der Waals surface area contributed by atoms with Crippen molar-refractivity contribution in [1.82, 2.24) is 0 Å². The first-order chi connectivity index (χ1) is 6.66. The van der Waals surface area contributed by atoms with Crippen LogP contribution < -0.4 is 0 Å². The molecule has 0 aromatic heterocycles. The summed E-state index contributed by atoms with van der Waals surface area (Å²) >= 11 is 0. The molecule has 0 bridgehead atoms. The van der Waals surface area contributed by atoms with Crippen molar-refractivity contribution in [2.75, 3.05) is 6.61 Å². The maximum Gasteiger partial charge on any atom is 0.379 e. The van der Waals surface area contributed by atoms with Crippen molar-refractivity contribution in [1.29, 1.82) is 0 Å². The minimum absolute atomic E-state index is 0.0503. The Kier molecular flexibility index (Phi) is 3.68. The van der Waals surface area contributed by atoms with E-state index in [1.165, 1.54) is 0 Å². The minimum Gasteiger partial charge on any atom is -0.512 e. The van der Waals surface area contributed by atoms with Gasteiger partial charge in [0.2, 0.25) is 0 Å². The molecule has 14 heavy (non-hydrogen) atoms. The van der Waals surface area contributed by atoms with Gasteiger partial charge in [0.25, 0.3) is 5.78 Å². The standard InChI is InChI=1S/C10H14O4/c1-2-14-10(13)9(12)7-5-3-4-6-8(7)11/h11H,2-6H2,1H3. The van der Waals surface area contributed by atoms with Crippen molar-refractivity contribution in [2.45, 2.75) is 32.6 Å². The van der Waals surface area contributed by atoms with Gasteiger partial charge in [-0.2, -0.15) is 0 Å². The van der Waals surface area contributed by atoms with Gasteiger partial charge < -0.3 is 9.84 Å². The van der Waals surface area contributed by atoms with Crippen molar-refractivity contribution >= 4 is 11.8 Å². The highest BCUT2D eigenvalue weighted by molar-refractivity contribution is 6.40. The maximum absolute atomic E-state index is 11.4. The summed E-state index contributed by atoms with van der Waals surface area (Å²) in [5.41, 5.74) is 0.231. The highest BCUT2D eigenvalue weighted by Crippen LogP contribution is 2.23. The van der Waals surface area contributed by atoms with Gasteiger partial charge in [0.15, 0.2) is 0 Å². The van der Waals surface area contributed by atoms with E-state index < -0.39 is 11.8 Å². The Morgan fingerprint density at radius 1 is 1.36 bits per heavy atom. The molecule has 4 nitrogen and oxygen atoms in total. The molecule has 0 amide bonds. The van der Waals surface area contributed by atoms with Crippen LogP contribution in [0.25, 0.3) is 0 Å². The summed E-state index contributed by atoms with van der Waals surface area (Å²) in [6.07, 6.45) is 2.67. The molecule has 0 aromatic rings. The molecule has 1 N–H and O–H groups in total. The summed E-state index contributed by atoms with van der Waals surface area (Å²) in [4.78, 5) is 22.5. The molecule has 1 aliphatic rings. The summed E-state index contributed by atoms with van der Waals surface area (Å²) in [5, 5.41) is 9.41. The lowest BCUT2D eigenvalue weighted by Crippen LogP contribution is -2.22. The first kappa shape index (κ1) is 10.8. The van der Waals surface area contributed by atoms with Crippen molar-refractivity contribution in [3.05, 3.63) is 11.3 Å². The molecule has 1 aliphatic carbocycles. The van der Waals surface area contributed by atoms with Gasteiger partial charge in [-0.25, -0.2) is 4.79 Å². The molecule has 0 spiro atoms. The summed E-state index contributed by atoms with van der Waals surface area (Å²) in [5.74, 6) is -1.51. The topological polar surface area (TPSA) is 63.6 Å². The van der Waals surface area contributed by atoms with Crippen molar-refractivity contribution in [3.63, 3.8) is 0 Å². The number of rotatable bonds is 3. The molecule has 0 saturated carbocycles. The van der Waals surface area contributed by atoms with E-state index in [4.69, 9.17) is 0 Å². The molecule has 0 atom stereocenters. The summed E-state index contributed by atoms with van der Waals surface area (Å²) in [7, 11) is 0. The summed E-state index contributed by atoms with van der Waals surface area (Å²) in [6.45, 7) is 1.82. The lowest BCUT2D eigenvalue weighted by Gasteiger charge is -2.13. The smallest absolute Gasteiger partial charge is 0.379 e. The fourth-order valence-electron chi connectivity index (χ4n) is 1.45. The van der Waals surface area contributed by atoms with E-state index in [1.807, 2.05) is 0 Å². The van der Waals surface area contributed by atoms with Gasteiger partial charge in [-0.05, 0) is 26.2 Å². The van der Waals surface area contributed by atoms with E-state index in [2.05, 4.69) is 4.74 Å². The number of hydrogen-bond acceptors (Lipinski definition) is 4. The Bertz CT molecular complexity index is 278. The fraction of sp³-hybridized carbons (Fsp3) is 0.600. The van der Waals surface area contributed by atoms with Crippen LogP contribution in [0.2, 0.25) is 0 Å². The van der Waals surface area contributed by atoms with E-state index >= 15 is 0 Å². The van der Waals surface area contributed by atoms with Crippen molar-refractivity contribution in [2.24, 2.45) is 0 Å². The van der Waals surface area contributed by atoms with Crippen LogP contribution in [0, 0.1) is 0 Å². The SMILES string of the molecule is CCOC(=O)C(=O)C1=C(O)CCCC1. The number of ketones is 1. The Morgan fingerprint density at radius 2 is 2.00 bits per heavy atom. The third kappa shape index (κ3) is 2.34. The van der Waals surface area contributed by atoms with Gasteiger partial charge in [-0.15, -0.1) is 0 Å². The monoisotopic (exact) mass is 198 g/mol. The molecule has 0 unspecified atom stereocenters. The molecule has 1 rings (SSSR count). The van der Waals surface area contributed by atoms with Gasteiger partial charge >= 0.3 is 5.97 Å². The third-order valence-corrected chi connectivity index (χ3v) is 2.17. The molecule has 0 heterocycles. The van der Waals surface area contributed by atoms with Crippen LogP contribution in [0.4, 0.5) is 0 Å². The van der Waals surface area contributed by atoms with E-state index in [0.29, 0.717) is 12.8 Å². The Morgan fingerprint density at radius 3 is 2.57 bits per heavy atom. The Labute approximate surface area is 82.6 Å². The molecule has 4 heteroatoms. The summed E-state index contributed by atoms with van der Waals surface area (Å²) in [6, 6.07) is 0. The normalized spacial score (nSPS) is 16.6. The number of allylic oxidation sites excluding steroid dienone is 1. The first-order valence-corrected chi connectivity index (χ1v) is 4.79. The van der Waals surface area contributed by atoms with Gasteiger partial charge in [-0.1, -0.05) is 0 Å². The zero-order valence-electron chi connectivity index (χ0n) is 8.21. The zero-order valence-corrected chi connectivity index (χ0v) is 8.21. The van der Waals surface area contributed by atoms with E-state index in [0.717, 1.165) is 12.8 Å². The maximum atomic E-state index is 11.4. The predicted molar refractivity (Wildman–Crippen MR) is 49.8 cm³/mol. The van der Waals surface area contributed by atoms with Crippen LogP contribution in [-0.4, -0.2) is 23.5 Å². The average Bonchev–Trinajstić information content (AvgIpc) is 2.18. The van der Waals surface area contributed by atoms with E-state index in [9.17, 15) is 14.7 Å². The quantitative estimate of drug-likeness (QED) is 0.551. The lowest BCUT2D eigenvalue weighted by atomic mass is 9.95. The highest BCUT2D eigenvalue weighted by Gasteiger charge is 2.25.